The first-order valence-electron chi connectivity index (χ1n) is 6.35. The molecule has 0 atom stereocenters. The molecule has 0 spiro atoms. The van der Waals surface area contributed by atoms with Crippen molar-refractivity contribution in [1.29, 1.82) is 0 Å². The lowest BCUT2D eigenvalue weighted by Gasteiger charge is -2.00. The SMILES string of the molecule is Cn1nc(C2CCCC2)nc1-c1nc[nH]c1C(=O)O. The minimum Gasteiger partial charge on any atom is -0.477 e. The second-order valence-electron chi connectivity index (χ2n) is 4.83. The van der Waals surface area contributed by atoms with Crippen molar-refractivity contribution in [2.45, 2.75) is 31.6 Å². The summed E-state index contributed by atoms with van der Waals surface area (Å²) in [6, 6.07) is 0. The quantitative estimate of drug-likeness (QED) is 0.873. The first-order chi connectivity index (χ1) is 9.16. The van der Waals surface area contributed by atoms with Gasteiger partial charge < -0.3 is 10.1 Å². The number of rotatable bonds is 3. The number of carboxylic acid groups (broad SMARTS) is 1. The zero-order chi connectivity index (χ0) is 13.4. The molecular weight excluding hydrogens is 246 g/mol. The van der Waals surface area contributed by atoms with Gasteiger partial charge in [0, 0.05) is 13.0 Å². The molecule has 0 radical (unpaired) electrons. The van der Waals surface area contributed by atoms with Crippen LogP contribution in [0.1, 0.15) is 47.9 Å². The van der Waals surface area contributed by atoms with Crippen LogP contribution in [-0.4, -0.2) is 35.8 Å². The Labute approximate surface area is 109 Å². The highest BCUT2D eigenvalue weighted by Crippen LogP contribution is 2.33. The van der Waals surface area contributed by atoms with Crippen LogP contribution in [0.15, 0.2) is 6.33 Å². The molecule has 0 aromatic carbocycles. The van der Waals surface area contributed by atoms with E-state index >= 15 is 0 Å². The van der Waals surface area contributed by atoms with Gasteiger partial charge in [-0.1, -0.05) is 12.8 Å². The van der Waals surface area contributed by atoms with Gasteiger partial charge in [-0.05, 0) is 12.8 Å². The number of aromatic nitrogens is 5. The standard InChI is InChI=1S/C12H15N5O2/c1-17-11(8-9(12(18)19)14-6-13-8)15-10(16-17)7-4-2-3-5-7/h6-7H,2-5H2,1H3,(H,13,14)(H,18,19). The van der Waals surface area contributed by atoms with Crippen molar-refractivity contribution in [3.8, 4) is 11.5 Å². The topological polar surface area (TPSA) is 96.7 Å². The fraction of sp³-hybridized carbons (Fsp3) is 0.500. The number of hydrogen-bond donors (Lipinski definition) is 2. The Morgan fingerprint density at radius 3 is 2.89 bits per heavy atom. The average Bonchev–Trinajstić information content (AvgIpc) is 3.07. The molecule has 1 saturated carbocycles. The Balaban J connectivity index is 2.00. The Morgan fingerprint density at radius 1 is 1.47 bits per heavy atom. The maximum atomic E-state index is 11.1. The van der Waals surface area contributed by atoms with Crippen molar-refractivity contribution in [2.75, 3.05) is 0 Å². The van der Waals surface area contributed by atoms with Crippen molar-refractivity contribution >= 4 is 5.97 Å². The van der Waals surface area contributed by atoms with Gasteiger partial charge in [0.1, 0.15) is 5.69 Å². The molecule has 3 rings (SSSR count). The van der Waals surface area contributed by atoms with Gasteiger partial charge in [-0.2, -0.15) is 5.10 Å². The van der Waals surface area contributed by atoms with E-state index in [2.05, 4.69) is 20.1 Å². The average molecular weight is 261 g/mol. The first kappa shape index (κ1) is 11.9. The lowest BCUT2D eigenvalue weighted by molar-refractivity contribution is 0.0692. The van der Waals surface area contributed by atoms with Crippen molar-refractivity contribution in [3.63, 3.8) is 0 Å². The zero-order valence-electron chi connectivity index (χ0n) is 10.6. The van der Waals surface area contributed by atoms with Crippen LogP contribution in [0.2, 0.25) is 0 Å². The van der Waals surface area contributed by atoms with E-state index in [0.717, 1.165) is 18.7 Å². The van der Waals surface area contributed by atoms with Gasteiger partial charge in [-0.3, -0.25) is 0 Å². The van der Waals surface area contributed by atoms with Crippen LogP contribution in [0, 0.1) is 0 Å². The van der Waals surface area contributed by atoms with Gasteiger partial charge >= 0.3 is 5.97 Å². The number of carbonyl (C=O) groups is 1. The number of aromatic amines is 1. The van der Waals surface area contributed by atoms with Crippen LogP contribution in [0.4, 0.5) is 0 Å². The number of aromatic carboxylic acids is 1. The molecular formula is C12H15N5O2. The molecule has 2 N–H and O–H groups in total. The number of H-pyrrole nitrogens is 1. The largest absolute Gasteiger partial charge is 0.477 e. The molecule has 0 saturated heterocycles. The third-order valence-corrected chi connectivity index (χ3v) is 3.56. The Kier molecular flexibility index (Phi) is 2.81. The van der Waals surface area contributed by atoms with E-state index < -0.39 is 5.97 Å². The van der Waals surface area contributed by atoms with Crippen molar-refractivity contribution in [1.82, 2.24) is 24.7 Å². The number of imidazole rings is 1. The summed E-state index contributed by atoms with van der Waals surface area (Å²) < 4.78 is 1.61. The van der Waals surface area contributed by atoms with E-state index in [1.165, 1.54) is 19.2 Å². The predicted octanol–water partition coefficient (Wildman–Crippen LogP) is 1.56. The summed E-state index contributed by atoms with van der Waals surface area (Å²) in [7, 11) is 1.76. The fourth-order valence-corrected chi connectivity index (χ4v) is 2.59. The minimum atomic E-state index is -1.04. The van der Waals surface area contributed by atoms with E-state index in [0.29, 0.717) is 17.4 Å². The smallest absolute Gasteiger partial charge is 0.354 e. The molecule has 0 unspecified atom stereocenters. The number of aryl methyl sites for hydroxylation is 1. The normalized spacial score (nSPS) is 16.1. The third-order valence-electron chi connectivity index (χ3n) is 3.56. The molecule has 0 bridgehead atoms. The summed E-state index contributed by atoms with van der Waals surface area (Å²) in [5.41, 5.74) is 0.389. The van der Waals surface area contributed by atoms with Gasteiger partial charge in [0.25, 0.3) is 0 Å². The van der Waals surface area contributed by atoms with Crippen molar-refractivity contribution in [2.24, 2.45) is 7.05 Å². The molecule has 19 heavy (non-hydrogen) atoms. The summed E-state index contributed by atoms with van der Waals surface area (Å²) in [6.07, 6.45) is 6.00. The van der Waals surface area contributed by atoms with Gasteiger partial charge in [0.05, 0.1) is 6.33 Å². The van der Waals surface area contributed by atoms with Crippen LogP contribution in [0.25, 0.3) is 11.5 Å². The van der Waals surface area contributed by atoms with E-state index in [1.54, 1.807) is 11.7 Å². The van der Waals surface area contributed by atoms with Crippen molar-refractivity contribution < 1.29 is 9.90 Å². The molecule has 7 heteroatoms. The highest BCUT2D eigenvalue weighted by molar-refractivity contribution is 5.91. The van der Waals surface area contributed by atoms with E-state index in [9.17, 15) is 4.79 Å². The highest BCUT2D eigenvalue weighted by Gasteiger charge is 2.25. The zero-order valence-corrected chi connectivity index (χ0v) is 10.6. The van der Waals surface area contributed by atoms with Crippen molar-refractivity contribution in [3.05, 3.63) is 17.8 Å². The van der Waals surface area contributed by atoms with E-state index in [4.69, 9.17) is 5.11 Å². The molecule has 0 amide bonds. The first-order valence-corrected chi connectivity index (χ1v) is 6.35. The Bertz CT molecular complexity index is 609. The predicted molar refractivity (Wildman–Crippen MR) is 66.8 cm³/mol. The fourth-order valence-electron chi connectivity index (χ4n) is 2.59. The molecule has 100 valence electrons. The van der Waals surface area contributed by atoms with Crippen LogP contribution < -0.4 is 0 Å². The number of nitrogens with zero attached hydrogens (tertiary/aromatic N) is 4. The van der Waals surface area contributed by atoms with Gasteiger partial charge in [-0.15, -0.1) is 0 Å². The Hall–Kier alpha value is -2.18. The molecule has 2 heterocycles. The van der Waals surface area contributed by atoms with Gasteiger partial charge in [0.2, 0.25) is 0 Å². The van der Waals surface area contributed by atoms with Gasteiger partial charge in [-0.25, -0.2) is 19.4 Å². The summed E-state index contributed by atoms with van der Waals surface area (Å²) in [5, 5.41) is 13.5. The molecule has 1 aliphatic carbocycles. The molecule has 0 aliphatic heterocycles. The number of carboxylic acids is 1. The maximum Gasteiger partial charge on any atom is 0.354 e. The maximum absolute atomic E-state index is 11.1. The summed E-state index contributed by atoms with van der Waals surface area (Å²) in [5.74, 6) is 0.653. The van der Waals surface area contributed by atoms with Crippen LogP contribution >= 0.6 is 0 Å². The lowest BCUT2D eigenvalue weighted by atomic mass is 10.1. The van der Waals surface area contributed by atoms with Crippen LogP contribution in [0.5, 0.6) is 0 Å². The van der Waals surface area contributed by atoms with Crippen LogP contribution in [0.3, 0.4) is 0 Å². The number of hydrogen-bond acceptors (Lipinski definition) is 4. The van der Waals surface area contributed by atoms with E-state index in [-0.39, 0.29) is 5.69 Å². The molecule has 2 aromatic rings. The Morgan fingerprint density at radius 2 is 2.21 bits per heavy atom. The molecule has 7 nitrogen and oxygen atoms in total. The lowest BCUT2D eigenvalue weighted by Crippen LogP contribution is -2.02. The number of nitrogens with one attached hydrogen (secondary N) is 1. The molecule has 1 fully saturated rings. The molecule has 2 aromatic heterocycles. The second-order valence-corrected chi connectivity index (χ2v) is 4.83. The third kappa shape index (κ3) is 2.00. The van der Waals surface area contributed by atoms with E-state index in [1.807, 2.05) is 0 Å². The summed E-state index contributed by atoms with van der Waals surface area (Å²) >= 11 is 0. The summed E-state index contributed by atoms with van der Waals surface area (Å²) in [6.45, 7) is 0. The second kappa shape index (κ2) is 4.49. The minimum absolute atomic E-state index is 0.0495. The van der Waals surface area contributed by atoms with Crippen LogP contribution in [-0.2, 0) is 7.05 Å². The summed E-state index contributed by atoms with van der Waals surface area (Å²) in [4.78, 5) is 22.3. The molecule has 1 aliphatic rings. The van der Waals surface area contributed by atoms with Gasteiger partial charge in [0.15, 0.2) is 17.3 Å². The monoisotopic (exact) mass is 261 g/mol. The highest BCUT2D eigenvalue weighted by atomic mass is 16.4.